The molecule has 0 atom stereocenters. The number of aryl methyl sites for hydroxylation is 1. The van der Waals surface area contributed by atoms with Crippen molar-refractivity contribution in [3.8, 4) is 11.5 Å². The van der Waals surface area contributed by atoms with Crippen molar-refractivity contribution < 1.29 is 9.21 Å². The minimum atomic E-state index is 0.0281. The maximum atomic E-state index is 13.2. The first kappa shape index (κ1) is 21.6. The Hall–Kier alpha value is -4.20. The maximum absolute atomic E-state index is 13.2. The van der Waals surface area contributed by atoms with Gasteiger partial charge in [-0.1, -0.05) is 23.3 Å². The second kappa shape index (κ2) is 9.35. The third kappa shape index (κ3) is 4.61. The van der Waals surface area contributed by atoms with Gasteiger partial charge in [-0.25, -0.2) is 0 Å². The minimum Gasteiger partial charge on any atom is -0.403 e. The molecule has 2 aromatic heterocycles. The van der Waals surface area contributed by atoms with E-state index in [2.05, 4.69) is 32.6 Å². The number of carbonyl (C=O) groups is 1. The number of nitrogens with zero attached hydrogens (tertiary/aromatic N) is 4. The Morgan fingerprint density at radius 2 is 1.88 bits per heavy atom. The zero-order chi connectivity index (χ0) is 23.5. The molecule has 1 amide bonds. The molecule has 172 valence electrons. The van der Waals surface area contributed by atoms with Crippen LogP contribution in [-0.4, -0.2) is 39.1 Å². The number of nitrogen functional groups attached to an aromatic ring is 1. The molecule has 8 nitrogen and oxygen atoms in total. The summed E-state index contributed by atoms with van der Waals surface area (Å²) in [6.45, 7) is 3.42. The van der Waals surface area contributed by atoms with Gasteiger partial charge >= 0.3 is 6.01 Å². The number of nitrogens with one attached hydrogen (secondary N) is 1. The van der Waals surface area contributed by atoms with Gasteiger partial charge in [-0.3, -0.25) is 9.78 Å². The second-order valence-electron chi connectivity index (χ2n) is 8.54. The number of hydrogen-bond acceptors (Lipinski definition) is 7. The molecule has 2 aromatic carbocycles. The topological polar surface area (TPSA) is 110 Å². The zero-order valence-corrected chi connectivity index (χ0v) is 18.9. The highest BCUT2D eigenvalue weighted by atomic mass is 16.4. The molecular weight excluding hydrogens is 428 g/mol. The molecule has 0 unspecified atom stereocenters. The summed E-state index contributed by atoms with van der Waals surface area (Å²) >= 11 is 0. The fourth-order valence-corrected chi connectivity index (χ4v) is 4.25. The van der Waals surface area contributed by atoms with E-state index in [1.165, 1.54) is 5.56 Å². The number of carbonyl (C=O) groups excluding carboxylic acids is 1. The van der Waals surface area contributed by atoms with Crippen LogP contribution in [0, 0.1) is 6.92 Å². The van der Waals surface area contributed by atoms with Crippen LogP contribution >= 0.6 is 0 Å². The average molecular weight is 455 g/mol. The van der Waals surface area contributed by atoms with E-state index >= 15 is 0 Å². The van der Waals surface area contributed by atoms with Crippen LogP contribution in [0.4, 0.5) is 17.4 Å². The first-order valence-corrected chi connectivity index (χ1v) is 11.3. The van der Waals surface area contributed by atoms with Crippen molar-refractivity contribution in [2.75, 3.05) is 24.1 Å². The molecular formula is C26H26N6O2. The molecule has 1 fully saturated rings. The molecule has 0 spiro atoms. The van der Waals surface area contributed by atoms with Gasteiger partial charge in [0.05, 0.1) is 5.56 Å². The highest BCUT2D eigenvalue weighted by Gasteiger charge is 2.25. The summed E-state index contributed by atoms with van der Waals surface area (Å²) in [5, 5.41) is 11.3. The molecule has 0 saturated carbocycles. The van der Waals surface area contributed by atoms with Gasteiger partial charge in [0.2, 0.25) is 0 Å². The van der Waals surface area contributed by atoms with Crippen molar-refractivity contribution in [2.45, 2.75) is 25.7 Å². The standard InChI is InChI=1S/C26H26N6O2/c1-17-4-5-20(15-23(17)29-26-31-30-24(34-26)21-3-2-12-28-16-21)25(33)32-13-10-19(11-14-32)18-6-8-22(27)9-7-18/h2-9,12,15-16,19H,10-11,13-14,27H2,1H3,(H,29,31). The lowest BCUT2D eigenvalue weighted by Crippen LogP contribution is -2.37. The second-order valence-corrected chi connectivity index (χ2v) is 8.54. The lowest BCUT2D eigenvalue weighted by Gasteiger charge is -2.32. The highest BCUT2D eigenvalue weighted by molar-refractivity contribution is 5.95. The molecule has 3 N–H and O–H groups in total. The lowest BCUT2D eigenvalue weighted by atomic mass is 9.89. The Bertz CT molecular complexity index is 1280. The van der Waals surface area contributed by atoms with Crippen molar-refractivity contribution in [2.24, 2.45) is 0 Å². The summed E-state index contributed by atoms with van der Waals surface area (Å²) in [7, 11) is 0. The van der Waals surface area contributed by atoms with E-state index in [-0.39, 0.29) is 11.9 Å². The summed E-state index contributed by atoms with van der Waals surface area (Å²) in [4.78, 5) is 19.2. The molecule has 4 aromatic rings. The minimum absolute atomic E-state index is 0.0281. The van der Waals surface area contributed by atoms with Gasteiger partial charge in [0.15, 0.2) is 0 Å². The van der Waals surface area contributed by atoms with Crippen LogP contribution < -0.4 is 11.1 Å². The third-order valence-corrected chi connectivity index (χ3v) is 6.25. The summed E-state index contributed by atoms with van der Waals surface area (Å²) in [5.74, 6) is 0.858. The van der Waals surface area contributed by atoms with E-state index in [0.717, 1.165) is 48.4 Å². The van der Waals surface area contributed by atoms with Gasteiger partial charge in [-0.15, -0.1) is 5.10 Å². The van der Waals surface area contributed by atoms with E-state index in [9.17, 15) is 4.79 Å². The molecule has 8 heteroatoms. The van der Waals surface area contributed by atoms with E-state index < -0.39 is 0 Å². The van der Waals surface area contributed by atoms with Crippen molar-refractivity contribution in [3.05, 3.63) is 83.7 Å². The Balaban J connectivity index is 1.26. The van der Waals surface area contributed by atoms with Crippen molar-refractivity contribution in [1.29, 1.82) is 0 Å². The predicted octanol–water partition coefficient (Wildman–Crippen LogP) is 4.79. The van der Waals surface area contributed by atoms with Crippen molar-refractivity contribution >= 4 is 23.3 Å². The van der Waals surface area contributed by atoms with Crippen LogP contribution in [0.5, 0.6) is 0 Å². The molecule has 0 radical (unpaired) electrons. The highest BCUT2D eigenvalue weighted by Crippen LogP contribution is 2.30. The third-order valence-electron chi connectivity index (χ3n) is 6.25. The van der Waals surface area contributed by atoms with Crippen LogP contribution in [0.15, 0.2) is 71.4 Å². The number of amides is 1. The average Bonchev–Trinajstić information content (AvgIpc) is 3.35. The number of pyridine rings is 1. The van der Waals surface area contributed by atoms with Gasteiger partial charge in [-0.2, -0.15) is 0 Å². The Labute approximate surface area is 197 Å². The number of likely N-dealkylation sites (tertiary alicyclic amines) is 1. The molecule has 1 aliphatic rings. The van der Waals surface area contributed by atoms with Gasteiger partial charge in [0.25, 0.3) is 11.8 Å². The molecule has 3 heterocycles. The number of rotatable bonds is 5. The molecule has 0 aliphatic carbocycles. The fraction of sp³-hybridized carbons (Fsp3) is 0.231. The molecule has 5 rings (SSSR count). The summed E-state index contributed by atoms with van der Waals surface area (Å²) in [6, 6.07) is 17.6. The van der Waals surface area contributed by atoms with E-state index in [0.29, 0.717) is 17.4 Å². The van der Waals surface area contributed by atoms with Gasteiger partial charge in [0.1, 0.15) is 0 Å². The van der Waals surface area contributed by atoms with Crippen LogP contribution in [-0.2, 0) is 0 Å². The van der Waals surface area contributed by atoms with Crippen molar-refractivity contribution in [3.63, 3.8) is 0 Å². The number of benzene rings is 2. The summed E-state index contributed by atoms with van der Waals surface area (Å²) < 4.78 is 5.73. The monoisotopic (exact) mass is 454 g/mol. The Kier molecular flexibility index (Phi) is 5.95. The molecule has 0 bridgehead atoms. The number of piperidine rings is 1. The Morgan fingerprint density at radius 1 is 1.09 bits per heavy atom. The van der Waals surface area contributed by atoms with Crippen LogP contribution in [0.3, 0.4) is 0 Å². The number of anilines is 3. The quantitative estimate of drug-likeness (QED) is 0.417. The fourth-order valence-electron chi connectivity index (χ4n) is 4.25. The molecule has 1 saturated heterocycles. The smallest absolute Gasteiger partial charge is 0.320 e. The number of nitrogens with two attached hydrogens (primary N) is 1. The summed E-state index contributed by atoms with van der Waals surface area (Å²) in [6.07, 6.45) is 5.22. The molecule has 34 heavy (non-hydrogen) atoms. The maximum Gasteiger partial charge on any atom is 0.320 e. The van der Waals surface area contributed by atoms with Crippen LogP contribution in [0.25, 0.3) is 11.5 Å². The van der Waals surface area contributed by atoms with E-state index in [1.54, 1.807) is 12.4 Å². The SMILES string of the molecule is Cc1ccc(C(=O)N2CCC(c3ccc(N)cc3)CC2)cc1Nc1nnc(-c2cccnc2)o1. The van der Waals surface area contributed by atoms with E-state index in [4.69, 9.17) is 10.2 Å². The number of hydrogen-bond donors (Lipinski definition) is 2. The van der Waals surface area contributed by atoms with Gasteiger partial charge in [0, 0.05) is 42.4 Å². The first-order valence-electron chi connectivity index (χ1n) is 11.3. The van der Waals surface area contributed by atoms with Gasteiger partial charge < -0.3 is 20.4 Å². The van der Waals surface area contributed by atoms with Crippen molar-refractivity contribution in [1.82, 2.24) is 20.1 Å². The predicted molar refractivity (Wildman–Crippen MR) is 131 cm³/mol. The summed E-state index contributed by atoms with van der Waals surface area (Å²) in [5.41, 5.74) is 11.0. The van der Waals surface area contributed by atoms with E-state index in [1.807, 2.05) is 54.3 Å². The molecule has 1 aliphatic heterocycles. The normalized spacial score (nSPS) is 14.2. The Morgan fingerprint density at radius 3 is 2.62 bits per heavy atom. The van der Waals surface area contributed by atoms with Crippen LogP contribution in [0.1, 0.15) is 40.2 Å². The van der Waals surface area contributed by atoms with Crippen LogP contribution in [0.2, 0.25) is 0 Å². The lowest BCUT2D eigenvalue weighted by molar-refractivity contribution is 0.0713. The zero-order valence-electron chi connectivity index (χ0n) is 18.9. The number of aromatic nitrogens is 3. The van der Waals surface area contributed by atoms with Gasteiger partial charge in [-0.05, 0) is 73.2 Å². The largest absolute Gasteiger partial charge is 0.403 e. The first-order chi connectivity index (χ1) is 16.6.